The molecule has 0 unspecified atom stereocenters. The Kier molecular flexibility index (Phi) is 5.57. The van der Waals surface area contributed by atoms with E-state index in [0.29, 0.717) is 0 Å². The molecule has 0 atom stereocenters. The van der Waals surface area contributed by atoms with Gasteiger partial charge in [-0.05, 0) is 29.1 Å². The summed E-state index contributed by atoms with van der Waals surface area (Å²) in [5.41, 5.74) is 1.19. The molecule has 0 spiro atoms. The molecule has 3 heterocycles. The SMILES string of the molecule is CN(C)C(=O)N1CCN(Cc2ccnc(Nc3cc4ccccc4cn3)c2)CC1. The van der Waals surface area contributed by atoms with Gasteiger partial charge >= 0.3 is 6.03 Å². The summed E-state index contributed by atoms with van der Waals surface area (Å²) in [5.74, 6) is 1.57. The molecule has 4 rings (SSSR count). The number of piperazine rings is 1. The van der Waals surface area contributed by atoms with Crippen molar-refractivity contribution in [3.05, 3.63) is 60.4 Å². The molecule has 0 bridgehead atoms. The van der Waals surface area contributed by atoms with Crippen molar-refractivity contribution in [1.82, 2.24) is 24.7 Å². The number of nitrogens with zero attached hydrogens (tertiary/aromatic N) is 5. The van der Waals surface area contributed by atoms with Crippen LogP contribution in [0.25, 0.3) is 10.8 Å². The number of rotatable bonds is 4. The van der Waals surface area contributed by atoms with Crippen molar-refractivity contribution in [1.29, 1.82) is 0 Å². The average Bonchev–Trinajstić information content (AvgIpc) is 2.74. The van der Waals surface area contributed by atoms with Gasteiger partial charge in [0.25, 0.3) is 0 Å². The van der Waals surface area contributed by atoms with Gasteiger partial charge in [-0.3, -0.25) is 4.90 Å². The fourth-order valence-corrected chi connectivity index (χ4v) is 3.56. The zero-order chi connectivity index (χ0) is 20.2. The van der Waals surface area contributed by atoms with Gasteiger partial charge in [0.15, 0.2) is 0 Å². The predicted molar refractivity (Wildman–Crippen MR) is 115 cm³/mol. The van der Waals surface area contributed by atoms with Crippen LogP contribution in [-0.4, -0.2) is 71.0 Å². The van der Waals surface area contributed by atoms with Crippen molar-refractivity contribution in [2.24, 2.45) is 0 Å². The first-order valence-corrected chi connectivity index (χ1v) is 9.84. The second-order valence-corrected chi connectivity index (χ2v) is 7.53. The molecule has 1 aliphatic heterocycles. The topological polar surface area (TPSA) is 64.6 Å². The van der Waals surface area contributed by atoms with Gasteiger partial charge in [0.1, 0.15) is 11.6 Å². The minimum atomic E-state index is 0.0860. The van der Waals surface area contributed by atoms with Crippen molar-refractivity contribution in [3.8, 4) is 0 Å². The third kappa shape index (κ3) is 4.63. The molecule has 29 heavy (non-hydrogen) atoms. The van der Waals surface area contributed by atoms with Crippen LogP contribution in [0, 0.1) is 0 Å². The predicted octanol–water partition coefficient (Wildman–Crippen LogP) is 3.17. The molecule has 1 aliphatic rings. The molecule has 7 nitrogen and oxygen atoms in total. The maximum Gasteiger partial charge on any atom is 0.319 e. The van der Waals surface area contributed by atoms with Gasteiger partial charge in [-0.2, -0.15) is 0 Å². The molecule has 0 aliphatic carbocycles. The van der Waals surface area contributed by atoms with E-state index < -0.39 is 0 Å². The summed E-state index contributed by atoms with van der Waals surface area (Å²) in [5, 5.41) is 5.57. The highest BCUT2D eigenvalue weighted by Gasteiger charge is 2.22. The van der Waals surface area contributed by atoms with Crippen molar-refractivity contribution in [2.45, 2.75) is 6.54 Å². The van der Waals surface area contributed by atoms with Gasteiger partial charge in [0.2, 0.25) is 0 Å². The molecule has 0 saturated carbocycles. The number of fused-ring (bicyclic) bond motifs is 1. The number of amides is 2. The molecule has 2 amide bonds. The fourth-order valence-electron chi connectivity index (χ4n) is 3.56. The van der Waals surface area contributed by atoms with E-state index >= 15 is 0 Å². The molecular formula is C22H26N6O. The molecule has 150 valence electrons. The summed E-state index contributed by atoms with van der Waals surface area (Å²) in [6.45, 7) is 4.10. The number of aromatic nitrogens is 2. The van der Waals surface area contributed by atoms with Crippen LogP contribution < -0.4 is 5.32 Å². The molecule has 1 N–H and O–H groups in total. The minimum absolute atomic E-state index is 0.0860. The van der Waals surface area contributed by atoms with E-state index in [4.69, 9.17) is 0 Å². The Morgan fingerprint density at radius 2 is 1.72 bits per heavy atom. The number of pyridine rings is 2. The molecule has 2 aromatic heterocycles. The third-order valence-corrected chi connectivity index (χ3v) is 5.14. The molecule has 7 heteroatoms. The number of hydrogen-bond donors (Lipinski definition) is 1. The summed E-state index contributed by atoms with van der Waals surface area (Å²) < 4.78 is 0. The lowest BCUT2D eigenvalue weighted by molar-refractivity contribution is 0.120. The lowest BCUT2D eigenvalue weighted by atomic mass is 10.2. The Morgan fingerprint density at radius 1 is 1.00 bits per heavy atom. The number of urea groups is 1. The molecule has 1 saturated heterocycles. The minimum Gasteiger partial charge on any atom is -0.331 e. The van der Waals surface area contributed by atoms with Crippen LogP contribution in [0.1, 0.15) is 5.56 Å². The summed E-state index contributed by atoms with van der Waals surface area (Å²) >= 11 is 0. The van der Waals surface area contributed by atoms with Crippen LogP contribution in [0.2, 0.25) is 0 Å². The quantitative estimate of drug-likeness (QED) is 0.741. The largest absolute Gasteiger partial charge is 0.331 e. The number of nitrogens with one attached hydrogen (secondary N) is 1. The third-order valence-electron chi connectivity index (χ3n) is 5.14. The van der Waals surface area contributed by atoms with Crippen molar-refractivity contribution in [3.63, 3.8) is 0 Å². The van der Waals surface area contributed by atoms with Crippen molar-refractivity contribution < 1.29 is 4.79 Å². The van der Waals surface area contributed by atoms with E-state index in [0.717, 1.165) is 55.1 Å². The summed E-state index contributed by atoms with van der Waals surface area (Å²) in [6, 6.07) is 14.4. The molecule has 3 aromatic rings. The Labute approximate surface area is 171 Å². The first-order chi connectivity index (χ1) is 14.1. The van der Waals surface area contributed by atoms with Crippen molar-refractivity contribution in [2.75, 3.05) is 45.6 Å². The highest BCUT2D eigenvalue weighted by atomic mass is 16.2. The second kappa shape index (κ2) is 8.45. The van der Waals surface area contributed by atoms with E-state index in [2.05, 4.69) is 38.4 Å². The lowest BCUT2D eigenvalue weighted by Crippen LogP contribution is -2.51. The Balaban J connectivity index is 1.38. The molecule has 1 aromatic carbocycles. The monoisotopic (exact) mass is 390 g/mol. The van der Waals surface area contributed by atoms with Crippen LogP contribution in [0.3, 0.4) is 0 Å². The lowest BCUT2D eigenvalue weighted by Gasteiger charge is -2.36. The van der Waals surface area contributed by atoms with E-state index in [1.54, 1.807) is 19.0 Å². The van der Waals surface area contributed by atoms with Gasteiger partial charge in [-0.25, -0.2) is 14.8 Å². The van der Waals surface area contributed by atoms with Crippen LogP contribution in [0.15, 0.2) is 54.9 Å². The number of carbonyl (C=O) groups is 1. The summed E-state index contributed by atoms with van der Waals surface area (Å²) in [6.07, 6.45) is 3.69. The molecular weight excluding hydrogens is 364 g/mol. The Morgan fingerprint density at radius 3 is 2.48 bits per heavy atom. The second-order valence-electron chi connectivity index (χ2n) is 7.53. The highest BCUT2D eigenvalue weighted by Crippen LogP contribution is 2.20. The molecule has 1 fully saturated rings. The van der Waals surface area contributed by atoms with E-state index in [1.807, 2.05) is 41.6 Å². The number of hydrogen-bond acceptors (Lipinski definition) is 5. The first kappa shape index (κ1) is 19.1. The van der Waals surface area contributed by atoms with Crippen molar-refractivity contribution >= 4 is 28.4 Å². The van der Waals surface area contributed by atoms with Crippen LogP contribution in [0.5, 0.6) is 0 Å². The summed E-state index contributed by atoms with van der Waals surface area (Å²) in [7, 11) is 3.59. The standard InChI is InChI=1S/C22H26N6O/c1-26(2)22(29)28-11-9-27(10-12-28)16-17-7-8-23-20(13-17)25-21-14-18-5-3-4-6-19(18)15-24-21/h3-8,13-15H,9-12,16H2,1-2H3,(H,23,24,25). The maximum absolute atomic E-state index is 12.1. The number of benzene rings is 1. The highest BCUT2D eigenvalue weighted by molar-refractivity contribution is 5.84. The normalized spacial score (nSPS) is 14.8. The van der Waals surface area contributed by atoms with Gasteiger partial charge < -0.3 is 15.1 Å². The van der Waals surface area contributed by atoms with E-state index in [-0.39, 0.29) is 6.03 Å². The van der Waals surface area contributed by atoms with Gasteiger partial charge in [-0.15, -0.1) is 0 Å². The van der Waals surface area contributed by atoms with Crippen LogP contribution in [0.4, 0.5) is 16.4 Å². The smallest absolute Gasteiger partial charge is 0.319 e. The summed E-state index contributed by atoms with van der Waals surface area (Å²) in [4.78, 5) is 26.9. The maximum atomic E-state index is 12.1. The van der Waals surface area contributed by atoms with Crippen LogP contribution >= 0.6 is 0 Å². The zero-order valence-electron chi connectivity index (χ0n) is 16.9. The Hall–Kier alpha value is -3.19. The van der Waals surface area contributed by atoms with Gasteiger partial charge in [0, 0.05) is 64.6 Å². The fraction of sp³-hybridized carbons (Fsp3) is 0.318. The number of anilines is 2. The first-order valence-electron chi connectivity index (χ1n) is 9.84. The van der Waals surface area contributed by atoms with E-state index in [1.165, 1.54) is 5.56 Å². The average molecular weight is 390 g/mol. The molecule has 0 radical (unpaired) electrons. The van der Waals surface area contributed by atoms with Gasteiger partial charge in [-0.1, -0.05) is 24.3 Å². The number of carbonyl (C=O) groups excluding carboxylic acids is 1. The van der Waals surface area contributed by atoms with E-state index in [9.17, 15) is 4.79 Å². The van der Waals surface area contributed by atoms with Crippen LogP contribution in [-0.2, 0) is 6.54 Å². The van der Waals surface area contributed by atoms with Gasteiger partial charge in [0.05, 0.1) is 0 Å². The zero-order valence-corrected chi connectivity index (χ0v) is 16.9. The Bertz CT molecular complexity index is 997.